The molecule has 10 heteroatoms. The van der Waals surface area contributed by atoms with Gasteiger partial charge in [0.2, 0.25) is 0 Å². The first-order chi connectivity index (χ1) is 21.7. The molecule has 0 saturated heterocycles. The number of amides is 2. The predicted octanol–water partition coefficient (Wildman–Crippen LogP) is 7.32. The van der Waals surface area contributed by atoms with Gasteiger partial charge in [-0.1, -0.05) is 40.2 Å². The number of methoxy groups -OCH3 is 3. The molecule has 9 nitrogen and oxygen atoms in total. The molecule has 0 radical (unpaired) electrons. The first-order valence-electron chi connectivity index (χ1n) is 14.4. The van der Waals surface area contributed by atoms with E-state index in [2.05, 4.69) is 21.2 Å². The molecule has 45 heavy (non-hydrogen) atoms. The van der Waals surface area contributed by atoms with Crippen LogP contribution in [0.3, 0.4) is 0 Å². The summed E-state index contributed by atoms with van der Waals surface area (Å²) >= 11 is 3.45. The molecule has 0 aliphatic rings. The summed E-state index contributed by atoms with van der Waals surface area (Å²) in [4.78, 5) is 34.9. The van der Waals surface area contributed by atoms with Gasteiger partial charge in [0, 0.05) is 16.7 Å². The van der Waals surface area contributed by atoms with Crippen LogP contribution >= 0.6 is 15.9 Å². The first-order valence-corrected chi connectivity index (χ1v) is 15.2. The van der Waals surface area contributed by atoms with Crippen LogP contribution in [0.2, 0.25) is 0 Å². The number of benzene rings is 4. The van der Waals surface area contributed by atoms with Gasteiger partial charge in [0.1, 0.15) is 11.6 Å². The lowest BCUT2D eigenvalue weighted by Gasteiger charge is -2.31. The van der Waals surface area contributed by atoms with Crippen molar-refractivity contribution in [1.82, 2.24) is 14.5 Å². The van der Waals surface area contributed by atoms with Gasteiger partial charge in [-0.3, -0.25) is 9.36 Å². The van der Waals surface area contributed by atoms with Gasteiger partial charge in [-0.05, 0) is 92.1 Å². The van der Waals surface area contributed by atoms with Crippen molar-refractivity contribution in [2.45, 2.75) is 26.3 Å². The number of carbonyl (C=O) groups is 1. The van der Waals surface area contributed by atoms with Crippen molar-refractivity contribution < 1.29 is 19.0 Å². The number of hydrogen-bond donors (Lipinski definition) is 1. The number of aryl methyl sites for hydroxylation is 1. The van der Waals surface area contributed by atoms with Crippen LogP contribution in [0.1, 0.15) is 29.9 Å². The minimum Gasteiger partial charge on any atom is -0.495 e. The topological polar surface area (TPSA) is 94.9 Å². The van der Waals surface area contributed by atoms with Crippen LogP contribution in [-0.2, 0) is 6.42 Å². The van der Waals surface area contributed by atoms with E-state index in [4.69, 9.17) is 19.2 Å². The lowest BCUT2D eigenvalue weighted by Crippen LogP contribution is -2.41. The summed E-state index contributed by atoms with van der Waals surface area (Å²) in [5.41, 5.74) is 3.37. The zero-order valence-corrected chi connectivity index (χ0v) is 27.4. The van der Waals surface area contributed by atoms with E-state index < -0.39 is 6.04 Å². The molecule has 0 fully saturated rings. The van der Waals surface area contributed by atoms with Crippen LogP contribution < -0.4 is 25.1 Å². The molecule has 1 atom stereocenters. The number of para-hydroxylation sites is 1. The van der Waals surface area contributed by atoms with Crippen molar-refractivity contribution in [3.8, 4) is 22.9 Å². The van der Waals surface area contributed by atoms with Gasteiger partial charge in [0.25, 0.3) is 5.56 Å². The highest BCUT2D eigenvalue weighted by Gasteiger charge is 2.28. The van der Waals surface area contributed by atoms with Crippen molar-refractivity contribution >= 4 is 38.6 Å². The maximum Gasteiger partial charge on any atom is 0.322 e. The number of nitrogens with one attached hydrogen (secondary N) is 1. The molecule has 0 spiro atoms. The number of fused-ring (bicyclic) bond motifs is 1. The highest BCUT2D eigenvalue weighted by atomic mass is 79.9. The molecule has 2 amide bonds. The molecule has 0 bridgehead atoms. The molecule has 5 aromatic rings. The monoisotopic (exact) mass is 670 g/mol. The summed E-state index contributed by atoms with van der Waals surface area (Å²) in [7, 11) is 4.75. The van der Waals surface area contributed by atoms with E-state index in [1.165, 1.54) is 0 Å². The van der Waals surface area contributed by atoms with Gasteiger partial charge in [-0.2, -0.15) is 0 Å². The number of aromatic nitrogens is 2. The van der Waals surface area contributed by atoms with E-state index in [0.29, 0.717) is 58.3 Å². The second kappa shape index (κ2) is 13.9. The van der Waals surface area contributed by atoms with Gasteiger partial charge < -0.3 is 24.4 Å². The van der Waals surface area contributed by atoms with Crippen LogP contribution in [-0.4, -0.2) is 48.4 Å². The summed E-state index contributed by atoms with van der Waals surface area (Å²) in [6, 6.07) is 24.9. The van der Waals surface area contributed by atoms with Gasteiger partial charge in [0.15, 0.2) is 11.5 Å². The normalized spacial score (nSPS) is 11.6. The smallest absolute Gasteiger partial charge is 0.322 e. The van der Waals surface area contributed by atoms with Crippen LogP contribution in [0.4, 0.5) is 10.5 Å². The van der Waals surface area contributed by atoms with E-state index >= 15 is 0 Å². The van der Waals surface area contributed by atoms with Crippen molar-refractivity contribution in [1.29, 1.82) is 0 Å². The average molecular weight is 672 g/mol. The van der Waals surface area contributed by atoms with Gasteiger partial charge in [0.05, 0.1) is 44.0 Å². The Bertz CT molecular complexity index is 1890. The molecule has 1 N–H and O–H groups in total. The fourth-order valence-electron chi connectivity index (χ4n) is 5.26. The average Bonchev–Trinajstić information content (AvgIpc) is 3.05. The summed E-state index contributed by atoms with van der Waals surface area (Å²) in [6.45, 7) is 4.14. The van der Waals surface area contributed by atoms with E-state index in [9.17, 15) is 9.59 Å². The second-order valence-electron chi connectivity index (χ2n) is 10.5. The molecule has 0 saturated carbocycles. The van der Waals surface area contributed by atoms with Crippen LogP contribution in [0.5, 0.6) is 17.2 Å². The summed E-state index contributed by atoms with van der Waals surface area (Å²) in [5, 5.41) is 3.49. The highest BCUT2D eigenvalue weighted by Crippen LogP contribution is 2.31. The quantitative estimate of drug-likeness (QED) is 0.167. The molecule has 1 unspecified atom stereocenters. The maximum absolute atomic E-state index is 14.2. The Morgan fingerprint density at radius 1 is 0.911 bits per heavy atom. The number of carbonyl (C=O) groups excluding carboxylic acids is 1. The molecule has 0 aliphatic carbocycles. The van der Waals surface area contributed by atoms with E-state index in [-0.39, 0.29) is 11.6 Å². The zero-order chi connectivity index (χ0) is 32.1. The summed E-state index contributed by atoms with van der Waals surface area (Å²) in [5.74, 6) is 2.15. The second-order valence-corrected chi connectivity index (χ2v) is 11.5. The van der Waals surface area contributed by atoms with Crippen molar-refractivity contribution in [3.63, 3.8) is 0 Å². The lowest BCUT2D eigenvalue weighted by molar-refractivity contribution is 0.190. The number of urea groups is 1. The third-order valence-electron chi connectivity index (χ3n) is 7.66. The molecule has 4 aromatic carbocycles. The molecule has 5 rings (SSSR count). The van der Waals surface area contributed by atoms with E-state index in [0.717, 1.165) is 15.6 Å². The Labute approximate surface area is 270 Å². The Morgan fingerprint density at radius 2 is 1.60 bits per heavy atom. The van der Waals surface area contributed by atoms with Crippen molar-refractivity contribution in [3.05, 3.63) is 117 Å². The Kier molecular flexibility index (Phi) is 9.73. The Morgan fingerprint density at radius 3 is 2.31 bits per heavy atom. The van der Waals surface area contributed by atoms with Crippen LogP contribution in [0.25, 0.3) is 16.6 Å². The van der Waals surface area contributed by atoms with Gasteiger partial charge >= 0.3 is 6.03 Å². The number of rotatable bonds is 10. The molecule has 1 aromatic heterocycles. The maximum atomic E-state index is 14.2. The van der Waals surface area contributed by atoms with Crippen LogP contribution in [0, 0.1) is 6.92 Å². The number of halogens is 1. The SMILES string of the molecule is COc1ccc(CCN(C(=O)Nc2ccc(Br)cc2)C(C)c2nc3ccccc3c(=O)n2-c2cc(C)ccc2OC)cc1OC. The van der Waals surface area contributed by atoms with Crippen molar-refractivity contribution in [2.24, 2.45) is 0 Å². The summed E-state index contributed by atoms with van der Waals surface area (Å²) < 4.78 is 19.1. The third-order valence-corrected chi connectivity index (χ3v) is 8.19. The zero-order valence-electron chi connectivity index (χ0n) is 25.8. The van der Waals surface area contributed by atoms with Crippen LogP contribution in [0.15, 0.2) is 94.2 Å². The molecular weight excluding hydrogens is 636 g/mol. The minimum atomic E-state index is -0.636. The Hall–Kier alpha value is -4.83. The largest absolute Gasteiger partial charge is 0.495 e. The predicted molar refractivity (Wildman–Crippen MR) is 180 cm³/mol. The lowest BCUT2D eigenvalue weighted by atomic mass is 10.1. The number of nitrogens with zero attached hydrogens (tertiary/aromatic N) is 3. The first kappa shape index (κ1) is 31.6. The fraction of sp³-hybridized carbons (Fsp3) is 0.229. The van der Waals surface area contributed by atoms with E-state index in [1.807, 2.05) is 86.6 Å². The standard InChI is InChI=1S/C35H35BrN4O5/c1-22-10-16-30(43-3)29(20-22)40-33(38-28-9-7-6-8-27(28)34(40)41)23(2)39(35(42)37-26-14-12-25(36)13-15-26)19-18-24-11-17-31(44-4)32(21-24)45-5/h6-17,20-21,23H,18-19H2,1-5H3,(H,37,42). The molecule has 1 heterocycles. The number of hydrogen-bond acceptors (Lipinski definition) is 6. The summed E-state index contributed by atoms with van der Waals surface area (Å²) in [6.07, 6.45) is 0.504. The fourth-order valence-corrected chi connectivity index (χ4v) is 5.53. The third kappa shape index (κ3) is 6.81. The number of ether oxygens (including phenoxy) is 3. The molecular formula is C35H35BrN4O5. The van der Waals surface area contributed by atoms with Gasteiger partial charge in [-0.15, -0.1) is 0 Å². The number of anilines is 1. The Balaban J connectivity index is 1.63. The van der Waals surface area contributed by atoms with E-state index in [1.54, 1.807) is 42.9 Å². The minimum absolute atomic E-state index is 0.250. The molecule has 232 valence electrons. The molecule has 0 aliphatic heterocycles. The van der Waals surface area contributed by atoms with Crippen molar-refractivity contribution in [2.75, 3.05) is 33.2 Å². The van der Waals surface area contributed by atoms with Gasteiger partial charge in [-0.25, -0.2) is 9.78 Å². The highest BCUT2D eigenvalue weighted by molar-refractivity contribution is 9.10.